The first-order valence-electron chi connectivity index (χ1n) is 12.8. The highest BCUT2D eigenvalue weighted by atomic mass is 19.1. The molecule has 39 heavy (non-hydrogen) atoms. The summed E-state index contributed by atoms with van der Waals surface area (Å²) in [6, 6.07) is 14.2. The number of carbonyl (C=O) groups excluding carboxylic acids is 1. The number of halogens is 1. The minimum atomic E-state index is -0.308. The quantitative estimate of drug-likeness (QED) is 0.303. The normalized spacial score (nSPS) is 15.0. The van der Waals surface area contributed by atoms with Crippen molar-refractivity contribution >= 4 is 5.91 Å². The molecule has 202 valence electrons. The summed E-state index contributed by atoms with van der Waals surface area (Å²) in [6.07, 6.45) is 3.39. The summed E-state index contributed by atoms with van der Waals surface area (Å²) in [5.74, 6) is 2.25. The Labute approximate surface area is 227 Å². The third-order valence-electron chi connectivity index (χ3n) is 7.00. The number of aromatic nitrogens is 2. The lowest BCUT2D eigenvalue weighted by Gasteiger charge is -2.23. The van der Waals surface area contributed by atoms with Crippen molar-refractivity contribution in [3.8, 4) is 28.4 Å². The first kappa shape index (κ1) is 26.3. The smallest absolute Gasteiger partial charge is 0.258 e. The summed E-state index contributed by atoms with van der Waals surface area (Å²) < 4.78 is 33.3. The Morgan fingerprint density at radius 3 is 2.28 bits per heavy atom. The molecule has 0 saturated carbocycles. The molecule has 1 amide bonds. The van der Waals surface area contributed by atoms with Crippen LogP contribution in [0.1, 0.15) is 39.8 Å². The number of nitrogens with zero attached hydrogens (tertiary/aromatic N) is 3. The molecule has 7 nitrogen and oxygen atoms in total. The van der Waals surface area contributed by atoms with Gasteiger partial charge in [0.25, 0.3) is 5.91 Å². The molecule has 1 aliphatic rings. The molecule has 1 aliphatic heterocycles. The minimum absolute atomic E-state index is 0.138. The molecule has 0 radical (unpaired) electrons. The van der Waals surface area contributed by atoms with Crippen LogP contribution in [0.4, 0.5) is 4.39 Å². The molecule has 0 bridgehead atoms. The number of fused-ring (bicyclic) bond motifs is 1. The van der Waals surface area contributed by atoms with Crippen LogP contribution < -0.4 is 14.2 Å². The molecule has 1 aromatic heterocycles. The van der Waals surface area contributed by atoms with Crippen LogP contribution in [0.5, 0.6) is 17.2 Å². The monoisotopic (exact) mass is 529 g/mol. The summed E-state index contributed by atoms with van der Waals surface area (Å²) in [7, 11) is 3.20. The largest absolute Gasteiger partial charge is 0.497 e. The summed E-state index contributed by atoms with van der Waals surface area (Å²) in [6.45, 7) is 7.03. The van der Waals surface area contributed by atoms with Crippen LogP contribution in [0.25, 0.3) is 11.1 Å². The van der Waals surface area contributed by atoms with E-state index >= 15 is 0 Å². The highest BCUT2D eigenvalue weighted by Crippen LogP contribution is 2.40. The predicted molar refractivity (Wildman–Crippen MR) is 147 cm³/mol. The van der Waals surface area contributed by atoms with Crippen molar-refractivity contribution in [3.63, 3.8) is 0 Å². The maximum Gasteiger partial charge on any atom is 0.258 e. The molecule has 4 aromatic rings. The standard InChI is InChI=1S/C31H32FN3O4/c1-19-10-24(32)6-7-27(19)28-13-23(17-34-9-8-33-21(34)3)14-29-30(28)39-20(2)16-35(31(29)36)18-22-11-25(37-4)15-26(12-22)38-5/h6-15,20H,16-18H2,1-5H3/t20-/m0/s1. The van der Waals surface area contributed by atoms with E-state index < -0.39 is 0 Å². The van der Waals surface area contributed by atoms with Crippen LogP contribution in [0, 0.1) is 19.7 Å². The first-order chi connectivity index (χ1) is 18.7. The molecule has 8 heteroatoms. The number of methoxy groups -OCH3 is 2. The Kier molecular flexibility index (Phi) is 7.28. The van der Waals surface area contributed by atoms with Gasteiger partial charge in [0.1, 0.15) is 35.0 Å². The summed E-state index contributed by atoms with van der Waals surface area (Å²) in [4.78, 5) is 20.3. The zero-order valence-corrected chi connectivity index (χ0v) is 22.8. The molecular weight excluding hydrogens is 497 g/mol. The molecule has 0 fully saturated rings. The third-order valence-corrected chi connectivity index (χ3v) is 7.00. The van der Waals surface area contributed by atoms with Gasteiger partial charge in [0.15, 0.2) is 0 Å². The fraction of sp³-hybridized carbons (Fsp3) is 0.290. The van der Waals surface area contributed by atoms with E-state index in [1.807, 2.05) is 55.8 Å². The van der Waals surface area contributed by atoms with Gasteiger partial charge in [-0.25, -0.2) is 9.37 Å². The van der Waals surface area contributed by atoms with Gasteiger partial charge < -0.3 is 23.7 Å². The Bertz CT molecular complexity index is 1510. The van der Waals surface area contributed by atoms with E-state index in [1.165, 1.54) is 12.1 Å². The van der Waals surface area contributed by atoms with Crippen molar-refractivity contribution in [2.75, 3.05) is 20.8 Å². The number of rotatable bonds is 7. The summed E-state index contributed by atoms with van der Waals surface area (Å²) >= 11 is 0. The molecular formula is C31H32FN3O4. The van der Waals surface area contributed by atoms with E-state index in [4.69, 9.17) is 14.2 Å². The van der Waals surface area contributed by atoms with Crippen LogP contribution in [-0.4, -0.2) is 47.2 Å². The first-order valence-corrected chi connectivity index (χ1v) is 12.8. The average molecular weight is 530 g/mol. The molecule has 0 unspecified atom stereocenters. The van der Waals surface area contributed by atoms with Crippen molar-refractivity contribution in [3.05, 3.63) is 94.8 Å². The van der Waals surface area contributed by atoms with E-state index in [-0.39, 0.29) is 17.8 Å². The van der Waals surface area contributed by atoms with Crippen molar-refractivity contribution in [1.29, 1.82) is 0 Å². The predicted octanol–water partition coefficient (Wildman–Crippen LogP) is 5.79. The molecule has 0 saturated heterocycles. The summed E-state index contributed by atoms with van der Waals surface area (Å²) in [5.41, 5.74) is 4.63. The molecule has 5 rings (SSSR count). The van der Waals surface area contributed by atoms with Crippen LogP contribution >= 0.6 is 0 Å². The van der Waals surface area contributed by atoms with Crippen molar-refractivity contribution in [2.45, 2.75) is 40.0 Å². The lowest BCUT2D eigenvalue weighted by Crippen LogP contribution is -2.35. The second kappa shape index (κ2) is 10.8. The third kappa shape index (κ3) is 5.46. The number of benzene rings is 3. The van der Waals surface area contributed by atoms with Crippen LogP contribution in [-0.2, 0) is 13.1 Å². The summed E-state index contributed by atoms with van der Waals surface area (Å²) in [5, 5.41) is 0. The lowest BCUT2D eigenvalue weighted by molar-refractivity contribution is 0.0706. The van der Waals surface area contributed by atoms with E-state index in [9.17, 15) is 9.18 Å². The number of carbonyl (C=O) groups is 1. The minimum Gasteiger partial charge on any atom is -0.497 e. The van der Waals surface area contributed by atoms with Gasteiger partial charge in [-0.15, -0.1) is 0 Å². The fourth-order valence-corrected chi connectivity index (χ4v) is 5.08. The molecule has 1 atom stereocenters. The SMILES string of the molecule is COc1cc(CN2C[C@H](C)Oc3c(cc(Cn4ccnc4C)cc3-c3ccc(F)cc3C)C2=O)cc(OC)c1. The second-order valence-corrected chi connectivity index (χ2v) is 9.92. The van der Waals surface area contributed by atoms with Crippen molar-refractivity contribution in [2.24, 2.45) is 0 Å². The molecule has 3 aromatic carbocycles. The van der Waals surface area contributed by atoms with Crippen molar-refractivity contribution < 1.29 is 23.4 Å². The van der Waals surface area contributed by atoms with Crippen LogP contribution in [0.15, 0.2) is 60.9 Å². The highest BCUT2D eigenvalue weighted by Gasteiger charge is 2.30. The topological polar surface area (TPSA) is 65.8 Å². The molecule has 2 heterocycles. The fourth-order valence-electron chi connectivity index (χ4n) is 5.08. The zero-order valence-electron chi connectivity index (χ0n) is 22.8. The van der Waals surface area contributed by atoms with Gasteiger partial charge >= 0.3 is 0 Å². The Balaban J connectivity index is 1.62. The maximum absolute atomic E-state index is 14.1. The average Bonchev–Trinajstić information content (AvgIpc) is 3.27. The second-order valence-electron chi connectivity index (χ2n) is 9.92. The van der Waals surface area contributed by atoms with E-state index in [2.05, 4.69) is 4.98 Å². The lowest BCUT2D eigenvalue weighted by atomic mass is 9.94. The number of hydrogen-bond donors (Lipinski definition) is 0. The Morgan fingerprint density at radius 2 is 1.64 bits per heavy atom. The number of imidazole rings is 1. The van der Waals surface area contributed by atoms with E-state index in [0.29, 0.717) is 42.4 Å². The Hall–Kier alpha value is -4.33. The number of aryl methyl sites for hydroxylation is 2. The van der Waals surface area contributed by atoms with Gasteiger partial charge in [-0.2, -0.15) is 0 Å². The van der Waals surface area contributed by atoms with Gasteiger partial charge in [-0.3, -0.25) is 4.79 Å². The maximum atomic E-state index is 14.1. The van der Waals surface area contributed by atoms with Gasteiger partial charge in [-0.05, 0) is 79.4 Å². The highest BCUT2D eigenvalue weighted by molar-refractivity contribution is 6.00. The van der Waals surface area contributed by atoms with Gasteiger partial charge in [0, 0.05) is 37.1 Å². The zero-order chi connectivity index (χ0) is 27.7. The van der Waals surface area contributed by atoms with E-state index in [0.717, 1.165) is 33.6 Å². The van der Waals surface area contributed by atoms with Gasteiger partial charge in [0.05, 0.1) is 26.3 Å². The molecule has 0 aliphatic carbocycles. The number of amides is 1. The van der Waals surface area contributed by atoms with E-state index in [1.54, 1.807) is 37.4 Å². The van der Waals surface area contributed by atoms with Gasteiger partial charge in [-0.1, -0.05) is 6.07 Å². The molecule has 0 spiro atoms. The molecule has 0 N–H and O–H groups in total. The van der Waals surface area contributed by atoms with Crippen molar-refractivity contribution in [1.82, 2.24) is 14.5 Å². The van der Waals surface area contributed by atoms with Crippen LogP contribution in [0.3, 0.4) is 0 Å². The number of hydrogen-bond acceptors (Lipinski definition) is 5. The van der Waals surface area contributed by atoms with Crippen LogP contribution in [0.2, 0.25) is 0 Å². The Morgan fingerprint density at radius 1 is 0.949 bits per heavy atom. The van der Waals surface area contributed by atoms with Gasteiger partial charge in [0.2, 0.25) is 0 Å². The number of ether oxygens (including phenoxy) is 3.